The Bertz CT molecular complexity index is 2660. The molecule has 0 saturated heterocycles. The largest absolute Gasteiger partial charge is 0.456 e. The second-order valence-corrected chi connectivity index (χ2v) is 12.0. The lowest BCUT2D eigenvalue weighted by atomic mass is 9.96. The number of hydrogen-bond acceptors (Lipinski definition) is 1. The number of benzene rings is 6. The van der Waals surface area contributed by atoms with Crippen molar-refractivity contribution in [1.82, 2.24) is 9.13 Å². The van der Waals surface area contributed by atoms with Crippen molar-refractivity contribution in [3.05, 3.63) is 151 Å². The molecule has 212 valence electrons. The van der Waals surface area contributed by atoms with Crippen molar-refractivity contribution in [2.45, 2.75) is 12.8 Å². The van der Waals surface area contributed by atoms with Gasteiger partial charge in [-0.2, -0.15) is 0 Å². The van der Waals surface area contributed by atoms with Crippen molar-refractivity contribution in [2.24, 2.45) is 0 Å². The summed E-state index contributed by atoms with van der Waals surface area (Å²) in [6.07, 6.45) is 6.81. The number of furan rings is 1. The Kier molecular flexibility index (Phi) is 5.11. The van der Waals surface area contributed by atoms with E-state index in [0.717, 1.165) is 34.8 Å². The molecule has 0 unspecified atom stereocenters. The summed E-state index contributed by atoms with van der Waals surface area (Å²) < 4.78 is 11.2. The quantitative estimate of drug-likeness (QED) is 0.205. The molecule has 0 fully saturated rings. The van der Waals surface area contributed by atoms with Gasteiger partial charge in [-0.1, -0.05) is 97.1 Å². The maximum Gasteiger partial charge on any atom is 0.136 e. The summed E-state index contributed by atoms with van der Waals surface area (Å²) in [5.41, 5.74) is 11.8. The molecule has 0 aliphatic heterocycles. The zero-order chi connectivity index (χ0) is 29.5. The minimum Gasteiger partial charge on any atom is -0.456 e. The van der Waals surface area contributed by atoms with E-state index in [9.17, 15) is 0 Å². The van der Waals surface area contributed by atoms with Crippen molar-refractivity contribution in [1.29, 1.82) is 0 Å². The molecule has 6 aromatic carbocycles. The van der Waals surface area contributed by atoms with Crippen LogP contribution in [-0.2, 0) is 0 Å². The van der Waals surface area contributed by atoms with E-state index < -0.39 is 0 Å². The van der Waals surface area contributed by atoms with E-state index in [4.69, 9.17) is 4.42 Å². The first-order valence-corrected chi connectivity index (χ1v) is 15.7. The summed E-state index contributed by atoms with van der Waals surface area (Å²) in [7, 11) is 0. The lowest BCUT2D eigenvalue weighted by molar-refractivity contribution is 0.669. The van der Waals surface area contributed by atoms with Gasteiger partial charge < -0.3 is 13.6 Å². The summed E-state index contributed by atoms with van der Waals surface area (Å²) in [5, 5.41) is 7.32. The molecule has 1 aliphatic carbocycles. The SMILES string of the molecule is C1=C(c2ccccc2-n2c3ccccc3c3cc4oc5ccccc5c4cc32)C=C(n2c3ccccc3c3ccccc32)CC1. The van der Waals surface area contributed by atoms with Crippen LogP contribution in [0.5, 0.6) is 0 Å². The molecule has 3 aromatic heterocycles. The van der Waals surface area contributed by atoms with Crippen LogP contribution in [0, 0.1) is 0 Å². The lowest BCUT2D eigenvalue weighted by Crippen LogP contribution is -2.03. The Morgan fingerprint density at radius 3 is 1.82 bits per heavy atom. The van der Waals surface area contributed by atoms with Gasteiger partial charge in [-0.3, -0.25) is 0 Å². The van der Waals surface area contributed by atoms with Gasteiger partial charge in [0.15, 0.2) is 0 Å². The highest BCUT2D eigenvalue weighted by molar-refractivity contribution is 6.17. The summed E-state index contributed by atoms with van der Waals surface area (Å²) >= 11 is 0. The maximum atomic E-state index is 6.32. The van der Waals surface area contributed by atoms with E-state index in [1.165, 1.54) is 66.1 Å². The Labute approximate surface area is 259 Å². The molecule has 3 heteroatoms. The predicted octanol–water partition coefficient (Wildman–Crippen LogP) is 11.5. The molecule has 0 radical (unpaired) electrons. The first-order chi connectivity index (χ1) is 22.3. The fourth-order valence-corrected chi connectivity index (χ4v) is 7.64. The smallest absolute Gasteiger partial charge is 0.136 e. The molecular formula is C42H28N2O. The van der Waals surface area contributed by atoms with Crippen LogP contribution in [0.25, 0.3) is 82.5 Å². The Hall–Kier alpha value is -5.80. The van der Waals surface area contributed by atoms with E-state index in [1.54, 1.807) is 0 Å². The second-order valence-electron chi connectivity index (χ2n) is 12.0. The van der Waals surface area contributed by atoms with E-state index in [0.29, 0.717) is 0 Å². The standard InChI is InChI=1S/C42H28N2O/c1-6-19-36(44-39-22-9-4-17-32(39)34-26-42-35(25-40(34)44)33-18-5-10-23-41(33)45-42)29(14-1)27-12-11-13-28(24-27)43-37-20-7-2-15-30(37)31-16-3-8-21-38(31)43/h1-10,12,14-26H,11,13H2. The second kappa shape index (κ2) is 9.35. The molecule has 0 amide bonds. The van der Waals surface area contributed by atoms with Crippen molar-refractivity contribution in [3.63, 3.8) is 0 Å². The van der Waals surface area contributed by atoms with Gasteiger partial charge in [0.1, 0.15) is 11.2 Å². The molecule has 1 aliphatic rings. The number of nitrogens with zero attached hydrogens (tertiary/aromatic N) is 2. The molecule has 0 spiro atoms. The van der Waals surface area contributed by atoms with Crippen LogP contribution in [0.2, 0.25) is 0 Å². The normalized spacial score (nSPS) is 13.9. The van der Waals surface area contributed by atoms with Crippen LogP contribution in [0.15, 0.2) is 150 Å². The van der Waals surface area contributed by atoms with E-state index in [-0.39, 0.29) is 0 Å². The molecule has 0 saturated carbocycles. The minimum absolute atomic E-state index is 0.923. The summed E-state index contributed by atoms with van der Waals surface area (Å²) in [4.78, 5) is 0. The molecule has 0 bridgehead atoms. The highest BCUT2D eigenvalue weighted by Crippen LogP contribution is 2.41. The van der Waals surface area contributed by atoms with Gasteiger partial charge in [-0.25, -0.2) is 0 Å². The van der Waals surface area contributed by atoms with Gasteiger partial charge in [0.2, 0.25) is 0 Å². The van der Waals surface area contributed by atoms with Crippen LogP contribution < -0.4 is 0 Å². The van der Waals surface area contributed by atoms with Gasteiger partial charge in [0, 0.05) is 43.6 Å². The van der Waals surface area contributed by atoms with Gasteiger partial charge in [0.25, 0.3) is 0 Å². The lowest BCUT2D eigenvalue weighted by Gasteiger charge is -2.20. The van der Waals surface area contributed by atoms with Gasteiger partial charge in [0.05, 0.1) is 27.8 Å². The summed E-state index contributed by atoms with van der Waals surface area (Å²) in [5.74, 6) is 0. The van der Waals surface area contributed by atoms with E-state index in [2.05, 4.69) is 149 Å². The molecule has 3 nitrogen and oxygen atoms in total. The highest BCUT2D eigenvalue weighted by Gasteiger charge is 2.21. The van der Waals surface area contributed by atoms with Crippen molar-refractivity contribution >= 4 is 76.8 Å². The fraction of sp³-hybridized carbons (Fsp3) is 0.0476. The molecular weight excluding hydrogens is 548 g/mol. The highest BCUT2D eigenvalue weighted by atomic mass is 16.3. The Morgan fingerprint density at radius 1 is 0.467 bits per heavy atom. The third-order valence-corrected chi connectivity index (χ3v) is 9.58. The van der Waals surface area contributed by atoms with Crippen LogP contribution in [-0.4, -0.2) is 9.13 Å². The average molecular weight is 577 g/mol. The monoisotopic (exact) mass is 576 g/mol. The van der Waals surface area contributed by atoms with Gasteiger partial charge in [-0.05, 0) is 67.0 Å². The molecule has 45 heavy (non-hydrogen) atoms. The Morgan fingerprint density at radius 2 is 1.07 bits per heavy atom. The number of fused-ring (bicyclic) bond motifs is 9. The summed E-state index contributed by atoms with van der Waals surface area (Å²) in [6, 6.07) is 48.0. The number of allylic oxidation sites excluding steroid dienone is 4. The zero-order valence-corrected chi connectivity index (χ0v) is 24.6. The van der Waals surface area contributed by atoms with Crippen LogP contribution in [0.4, 0.5) is 0 Å². The van der Waals surface area contributed by atoms with Gasteiger partial charge in [-0.15, -0.1) is 0 Å². The molecule has 0 atom stereocenters. The van der Waals surface area contributed by atoms with Crippen LogP contribution in [0.3, 0.4) is 0 Å². The topological polar surface area (TPSA) is 23.0 Å². The molecule has 0 N–H and O–H groups in total. The van der Waals surface area contributed by atoms with Crippen molar-refractivity contribution < 1.29 is 4.42 Å². The van der Waals surface area contributed by atoms with Crippen molar-refractivity contribution in [2.75, 3.05) is 0 Å². The third kappa shape index (κ3) is 3.52. The van der Waals surface area contributed by atoms with Crippen LogP contribution in [0.1, 0.15) is 18.4 Å². The first kappa shape index (κ1) is 24.6. The predicted molar refractivity (Wildman–Crippen MR) is 189 cm³/mol. The van der Waals surface area contributed by atoms with Gasteiger partial charge >= 0.3 is 0 Å². The number of aromatic nitrogens is 2. The zero-order valence-electron chi connectivity index (χ0n) is 24.6. The first-order valence-electron chi connectivity index (χ1n) is 15.7. The van der Waals surface area contributed by atoms with Crippen molar-refractivity contribution in [3.8, 4) is 5.69 Å². The fourth-order valence-electron chi connectivity index (χ4n) is 7.64. The van der Waals surface area contributed by atoms with E-state index >= 15 is 0 Å². The number of rotatable bonds is 3. The minimum atomic E-state index is 0.923. The number of para-hydroxylation sites is 5. The Balaban J connectivity index is 1.22. The molecule has 9 aromatic rings. The average Bonchev–Trinajstić information content (AvgIpc) is 3.74. The van der Waals surface area contributed by atoms with Crippen LogP contribution >= 0.6 is 0 Å². The molecule has 10 rings (SSSR count). The molecule has 3 heterocycles. The van der Waals surface area contributed by atoms with E-state index in [1.807, 2.05) is 6.07 Å². The summed E-state index contributed by atoms with van der Waals surface area (Å²) in [6.45, 7) is 0. The maximum absolute atomic E-state index is 6.32. The third-order valence-electron chi connectivity index (χ3n) is 9.58. The number of hydrogen-bond donors (Lipinski definition) is 0.